The lowest BCUT2D eigenvalue weighted by Crippen LogP contribution is -2.17. The van der Waals surface area contributed by atoms with Gasteiger partial charge in [0.1, 0.15) is 11.4 Å². The molecular formula is C15H10F5NO3S. The van der Waals surface area contributed by atoms with E-state index in [1.165, 1.54) is 16.9 Å². The molecule has 0 saturated heterocycles. The normalized spacial score (nSPS) is 11.9. The fourth-order valence-corrected chi connectivity index (χ4v) is 2.98. The van der Waals surface area contributed by atoms with E-state index in [4.69, 9.17) is 0 Å². The maximum absolute atomic E-state index is 13.6. The lowest BCUT2D eigenvalue weighted by Gasteiger charge is -2.12. The van der Waals surface area contributed by atoms with Crippen LogP contribution in [0, 0.1) is 29.1 Å². The van der Waals surface area contributed by atoms with Crippen molar-refractivity contribution < 1.29 is 35.5 Å². The molecule has 0 bridgehead atoms. The molecule has 0 aromatic heterocycles. The summed E-state index contributed by atoms with van der Waals surface area (Å²) in [7, 11) is -4.73. The topological polar surface area (TPSA) is 66.4 Å². The Balaban J connectivity index is 2.52. The van der Waals surface area contributed by atoms with Gasteiger partial charge in [0.25, 0.3) is 10.0 Å². The minimum atomic E-state index is -4.73. The Morgan fingerprint density at radius 1 is 0.960 bits per heavy atom. The monoisotopic (exact) mass is 379 g/mol. The van der Waals surface area contributed by atoms with Crippen LogP contribution in [0.4, 0.5) is 27.6 Å². The smallest absolute Gasteiger partial charge is 0.262 e. The molecule has 2 aromatic carbocycles. The van der Waals surface area contributed by atoms with Gasteiger partial charge in [0.2, 0.25) is 5.82 Å². The molecule has 0 spiro atoms. The number of anilines is 1. The number of halogens is 5. The molecule has 25 heavy (non-hydrogen) atoms. The van der Waals surface area contributed by atoms with E-state index >= 15 is 0 Å². The van der Waals surface area contributed by atoms with Gasteiger partial charge in [-0.2, -0.15) is 0 Å². The summed E-state index contributed by atoms with van der Waals surface area (Å²) in [5.41, 5.74) is -1.45. The van der Waals surface area contributed by atoms with E-state index in [0.717, 1.165) is 12.1 Å². The van der Waals surface area contributed by atoms with Crippen molar-refractivity contribution in [3.63, 3.8) is 0 Å². The number of aromatic hydroxyl groups is 1. The third-order valence-corrected chi connectivity index (χ3v) is 4.45. The highest BCUT2D eigenvalue weighted by molar-refractivity contribution is 7.92. The van der Waals surface area contributed by atoms with E-state index in [1.54, 1.807) is 13.0 Å². The third kappa shape index (κ3) is 3.43. The van der Waals surface area contributed by atoms with Gasteiger partial charge in [-0.1, -0.05) is 12.2 Å². The van der Waals surface area contributed by atoms with Gasteiger partial charge in [-0.25, -0.2) is 30.4 Å². The number of benzene rings is 2. The lowest BCUT2D eigenvalue weighted by molar-refractivity contribution is 0.382. The first-order chi connectivity index (χ1) is 11.6. The van der Waals surface area contributed by atoms with Crippen LogP contribution < -0.4 is 4.72 Å². The summed E-state index contributed by atoms with van der Waals surface area (Å²) in [6, 6.07) is 2.95. The second kappa shape index (κ2) is 6.71. The molecule has 0 atom stereocenters. The number of hydrogen-bond acceptors (Lipinski definition) is 3. The van der Waals surface area contributed by atoms with Crippen LogP contribution in [0.2, 0.25) is 0 Å². The molecule has 0 radical (unpaired) electrons. The summed E-state index contributed by atoms with van der Waals surface area (Å²) in [5.74, 6) is -12.1. The highest BCUT2D eigenvalue weighted by Crippen LogP contribution is 2.30. The van der Waals surface area contributed by atoms with Gasteiger partial charge < -0.3 is 5.11 Å². The molecule has 0 aliphatic carbocycles. The predicted molar refractivity (Wildman–Crippen MR) is 79.9 cm³/mol. The molecule has 2 rings (SSSR count). The number of hydrogen-bond donors (Lipinski definition) is 2. The Hall–Kier alpha value is -2.62. The Morgan fingerprint density at radius 2 is 1.48 bits per heavy atom. The standard InChI is InChI=1S/C15H10F5NO3S/c1-2-3-7-4-5-8(6-9(7)22)25(23,24)21-15-13(19)11(17)10(16)12(18)14(15)20/h2-6,21-22H,1H3/b3-2+. The molecule has 0 unspecified atom stereocenters. The molecule has 0 aliphatic rings. The van der Waals surface area contributed by atoms with Crippen LogP contribution in [0.3, 0.4) is 0 Å². The zero-order chi connectivity index (χ0) is 18.9. The van der Waals surface area contributed by atoms with Crippen LogP contribution in [-0.2, 0) is 10.0 Å². The summed E-state index contributed by atoms with van der Waals surface area (Å²) >= 11 is 0. The number of phenolic OH excluding ortho intramolecular Hbond substituents is 1. The van der Waals surface area contributed by atoms with Crippen molar-refractivity contribution in [3.8, 4) is 5.75 Å². The SMILES string of the molecule is C/C=C/c1ccc(S(=O)(=O)Nc2c(F)c(F)c(F)c(F)c2F)cc1O. The van der Waals surface area contributed by atoms with Crippen molar-refractivity contribution in [2.75, 3.05) is 4.72 Å². The Morgan fingerprint density at radius 3 is 1.96 bits per heavy atom. The number of sulfonamides is 1. The summed E-state index contributed by atoms with van der Waals surface area (Å²) in [5, 5.41) is 9.72. The van der Waals surface area contributed by atoms with Gasteiger partial charge in [-0.15, -0.1) is 0 Å². The van der Waals surface area contributed by atoms with Crippen molar-refractivity contribution in [1.82, 2.24) is 0 Å². The molecule has 0 fully saturated rings. The number of nitrogens with one attached hydrogen (secondary N) is 1. The maximum atomic E-state index is 13.6. The molecule has 2 aromatic rings. The fraction of sp³-hybridized carbons (Fsp3) is 0.0667. The average molecular weight is 379 g/mol. The molecule has 2 N–H and O–H groups in total. The second-order valence-electron chi connectivity index (χ2n) is 4.77. The highest BCUT2D eigenvalue weighted by atomic mass is 32.2. The Bertz CT molecular complexity index is 945. The van der Waals surface area contributed by atoms with Gasteiger partial charge in [-0.05, 0) is 19.1 Å². The van der Waals surface area contributed by atoms with Crippen LogP contribution >= 0.6 is 0 Å². The predicted octanol–water partition coefficient (Wildman–Crippen LogP) is 3.92. The molecule has 0 heterocycles. The Kier molecular flexibility index (Phi) is 5.02. The largest absolute Gasteiger partial charge is 0.507 e. The van der Waals surface area contributed by atoms with Gasteiger partial charge >= 0.3 is 0 Å². The summed E-state index contributed by atoms with van der Waals surface area (Å²) in [6.07, 6.45) is 3.03. The molecule has 0 saturated carbocycles. The quantitative estimate of drug-likeness (QED) is 0.481. The van der Waals surface area contributed by atoms with Crippen LogP contribution in [0.25, 0.3) is 6.08 Å². The first-order valence-electron chi connectivity index (χ1n) is 6.60. The fourth-order valence-electron chi connectivity index (χ4n) is 1.90. The number of phenols is 1. The van der Waals surface area contributed by atoms with Crippen molar-refractivity contribution in [1.29, 1.82) is 0 Å². The molecule has 10 heteroatoms. The third-order valence-electron chi connectivity index (χ3n) is 3.10. The molecule has 134 valence electrons. The minimum absolute atomic E-state index is 0.262. The zero-order valence-corrected chi connectivity index (χ0v) is 13.3. The van der Waals surface area contributed by atoms with E-state index in [9.17, 15) is 35.5 Å². The first-order valence-corrected chi connectivity index (χ1v) is 8.08. The summed E-state index contributed by atoms with van der Waals surface area (Å²) in [6.45, 7) is 1.65. The van der Waals surface area contributed by atoms with Crippen molar-refractivity contribution >= 4 is 21.8 Å². The zero-order valence-electron chi connectivity index (χ0n) is 12.4. The summed E-state index contributed by atoms with van der Waals surface area (Å²) in [4.78, 5) is -0.637. The molecule has 0 aliphatic heterocycles. The van der Waals surface area contributed by atoms with Crippen molar-refractivity contribution in [3.05, 3.63) is 58.9 Å². The molecule has 4 nitrogen and oxygen atoms in total. The first kappa shape index (κ1) is 18.7. The molecule has 0 amide bonds. The second-order valence-corrected chi connectivity index (χ2v) is 6.45. The van der Waals surface area contributed by atoms with E-state index in [2.05, 4.69) is 0 Å². The number of rotatable bonds is 4. The van der Waals surface area contributed by atoms with Crippen molar-refractivity contribution in [2.45, 2.75) is 11.8 Å². The van der Waals surface area contributed by atoms with E-state index in [-0.39, 0.29) is 5.56 Å². The Labute approximate surface area is 139 Å². The van der Waals surface area contributed by atoms with Crippen molar-refractivity contribution in [2.24, 2.45) is 0 Å². The van der Waals surface area contributed by atoms with Crippen LogP contribution in [0.15, 0.2) is 29.2 Å². The van der Waals surface area contributed by atoms with Crippen LogP contribution in [-0.4, -0.2) is 13.5 Å². The van der Waals surface area contributed by atoms with Gasteiger partial charge in [0.15, 0.2) is 23.3 Å². The van der Waals surface area contributed by atoms with Gasteiger partial charge in [-0.3, -0.25) is 4.72 Å². The van der Waals surface area contributed by atoms with Gasteiger partial charge in [0.05, 0.1) is 4.90 Å². The number of allylic oxidation sites excluding steroid dienone is 1. The maximum Gasteiger partial charge on any atom is 0.262 e. The van der Waals surface area contributed by atoms with E-state index in [0.29, 0.717) is 0 Å². The summed E-state index contributed by atoms with van der Waals surface area (Å²) < 4.78 is 92.0. The minimum Gasteiger partial charge on any atom is -0.507 e. The van der Waals surface area contributed by atoms with Crippen LogP contribution in [0.1, 0.15) is 12.5 Å². The van der Waals surface area contributed by atoms with Gasteiger partial charge in [0, 0.05) is 11.6 Å². The van der Waals surface area contributed by atoms with Crippen LogP contribution in [0.5, 0.6) is 5.75 Å². The average Bonchev–Trinajstić information content (AvgIpc) is 2.57. The lowest BCUT2D eigenvalue weighted by atomic mass is 10.2. The van der Waals surface area contributed by atoms with E-state index in [1.807, 2.05) is 0 Å². The molecular weight excluding hydrogens is 369 g/mol. The van der Waals surface area contributed by atoms with E-state index < -0.39 is 55.4 Å². The highest BCUT2D eigenvalue weighted by Gasteiger charge is 2.29.